The normalized spacial score (nSPS) is 23.8. The molecule has 0 bridgehead atoms. The Balaban J connectivity index is 1.87. The quantitative estimate of drug-likeness (QED) is 0.803. The second kappa shape index (κ2) is 5.84. The summed E-state index contributed by atoms with van der Waals surface area (Å²) < 4.78 is 5.64. The number of hydrogen-bond acceptors (Lipinski definition) is 5. The lowest BCUT2D eigenvalue weighted by Gasteiger charge is -2.34. The van der Waals surface area contributed by atoms with Crippen molar-refractivity contribution in [2.24, 2.45) is 5.73 Å². The van der Waals surface area contributed by atoms with Crippen LogP contribution in [0.15, 0.2) is 6.33 Å². The second-order valence-corrected chi connectivity index (χ2v) is 5.36. The van der Waals surface area contributed by atoms with Crippen molar-refractivity contribution in [3.05, 3.63) is 17.6 Å². The molecule has 2 aliphatic rings. The number of aryl methyl sites for hydroxylation is 1. The first-order valence-electron chi connectivity index (χ1n) is 7.28. The highest BCUT2D eigenvalue weighted by atomic mass is 16.5. The standard InChI is InChI=1S/C14H22N4O/c15-8-11-9-18(6-7-19-11)14-12-4-2-1-3-5-13(12)16-10-17-14/h10-11H,1-9,15H2. The molecule has 0 amide bonds. The van der Waals surface area contributed by atoms with E-state index in [0.717, 1.165) is 38.4 Å². The van der Waals surface area contributed by atoms with Gasteiger partial charge in [-0.2, -0.15) is 0 Å². The summed E-state index contributed by atoms with van der Waals surface area (Å²) in [6.07, 6.45) is 7.84. The predicted molar refractivity (Wildman–Crippen MR) is 74.3 cm³/mol. The average molecular weight is 262 g/mol. The number of aromatic nitrogens is 2. The van der Waals surface area contributed by atoms with E-state index in [9.17, 15) is 0 Å². The first kappa shape index (κ1) is 12.8. The molecule has 1 fully saturated rings. The van der Waals surface area contributed by atoms with Gasteiger partial charge < -0.3 is 15.4 Å². The summed E-state index contributed by atoms with van der Waals surface area (Å²) in [5, 5.41) is 0. The van der Waals surface area contributed by atoms with Crippen molar-refractivity contribution in [3.63, 3.8) is 0 Å². The zero-order valence-electron chi connectivity index (χ0n) is 11.3. The number of anilines is 1. The van der Waals surface area contributed by atoms with Gasteiger partial charge in [0.1, 0.15) is 12.1 Å². The smallest absolute Gasteiger partial charge is 0.135 e. The van der Waals surface area contributed by atoms with E-state index in [0.29, 0.717) is 6.54 Å². The van der Waals surface area contributed by atoms with Crippen LogP contribution < -0.4 is 10.6 Å². The van der Waals surface area contributed by atoms with Crippen LogP contribution >= 0.6 is 0 Å². The molecule has 1 saturated heterocycles. The maximum absolute atomic E-state index is 5.72. The van der Waals surface area contributed by atoms with Crippen molar-refractivity contribution in [1.29, 1.82) is 0 Å². The van der Waals surface area contributed by atoms with Gasteiger partial charge >= 0.3 is 0 Å². The average Bonchev–Trinajstić information content (AvgIpc) is 2.72. The van der Waals surface area contributed by atoms with Crippen LogP contribution in [0, 0.1) is 0 Å². The first-order chi connectivity index (χ1) is 9.38. The Labute approximate surface area is 114 Å². The highest BCUT2D eigenvalue weighted by Crippen LogP contribution is 2.27. The zero-order chi connectivity index (χ0) is 13.1. The molecule has 19 heavy (non-hydrogen) atoms. The van der Waals surface area contributed by atoms with Crippen molar-refractivity contribution in [1.82, 2.24) is 9.97 Å². The Kier molecular flexibility index (Phi) is 3.94. The number of fused-ring (bicyclic) bond motifs is 1. The van der Waals surface area contributed by atoms with Gasteiger partial charge in [-0.05, 0) is 25.7 Å². The minimum absolute atomic E-state index is 0.130. The molecule has 0 aromatic carbocycles. The summed E-state index contributed by atoms with van der Waals surface area (Å²) in [5.41, 5.74) is 8.33. The Morgan fingerprint density at radius 2 is 2.16 bits per heavy atom. The van der Waals surface area contributed by atoms with Crippen LogP contribution in [0.5, 0.6) is 0 Å². The lowest BCUT2D eigenvalue weighted by atomic mass is 10.1. The third-order valence-electron chi connectivity index (χ3n) is 4.05. The van der Waals surface area contributed by atoms with Crippen LogP contribution in [0.1, 0.15) is 30.5 Å². The highest BCUT2D eigenvalue weighted by Gasteiger charge is 2.24. The van der Waals surface area contributed by atoms with Gasteiger partial charge in [0.05, 0.1) is 12.7 Å². The van der Waals surface area contributed by atoms with Crippen molar-refractivity contribution < 1.29 is 4.74 Å². The van der Waals surface area contributed by atoms with E-state index in [1.807, 2.05) is 0 Å². The van der Waals surface area contributed by atoms with Gasteiger partial charge in [-0.1, -0.05) is 6.42 Å². The van der Waals surface area contributed by atoms with E-state index in [1.165, 1.54) is 30.5 Å². The monoisotopic (exact) mass is 262 g/mol. The topological polar surface area (TPSA) is 64.3 Å². The molecular weight excluding hydrogens is 240 g/mol. The molecule has 1 aliphatic heterocycles. The van der Waals surface area contributed by atoms with Crippen molar-refractivity contribution in [2.75, 3.05) is 31.1 Å². The van der Waals surface area contributed by atoms with E-state index in [-0.39, 0.29) is 6.10 Å². The summed E-state index contributed by atoms with van der Waals surface area (Å²) in [6, 6.07) is 0. The summed E-state index contributed by atoms with van der Waals surface area (Å²) >= 11 is 0. The van der Waals surface area contributed by atoms with Gasteiger partial charge in [-0.15, -0.1) is 0 Å². The second-order valence-electron chi connectivity index (χ2n) is 5.36. The number of morpholine rings is 1. The van der Waals surface area contributed by atoms with Crippen LogP contribution in [-0.2, 0) is 17.6 Å². The SMILES string of the molecule is NCC1CN(c2ncnc3c2CCCCC3)CCO1. The predicted octanol–water partition coefficient (Wildman–Crippen LogP) is 0.909. The van der Waals surface area contributed by atoms with E-state index >= 15 is 0 Å². The minimum atomic E-state index is 0.130. The lowest BCUT2D eigenvalue weighted by molar-refractivity contribution is 0.0462. The van der Waals surface area contributed by atoms with E-state index in [1.54, 1.807) is 6.33 Å². The van der Waals surface area contributed by atoms with E-state index < -0.39 is 0 Å². The number of ether oxygens (including phenoxy) is 1. The maximum atomic E-state index is 5.72. The maximum Gasteiger partial charge on any atom is 0.135 e. The van der Waals surface area contributed by atoms with Crippen molar-refractivity contribution in [3.8, 4) is 0 Å². The Morgan fingerprint density at radius 1 is 1.26 bits per heavy atom. The van der Waals surface area contributed by atoms with E-state index in [2.05, 4.69) is 14.9 Å². The Hall–Kier alpha value is -1.20. The van der Waals surface area contributed by atoms with Gasteiger partial charge in [-0.3, -0.25) is 0 Å². The fourth-order valence-electron chi connectivity index (χ4n) is 3.01. The molecule has 3 rings (SSSR count). The summed E-state index contributed by atoms with van der Waals surface area (Å²) in [7, 11) is 0. The Morgan fingerprint density at radius 3 is 3.05 bits per heavy atom. The number of rotatable bonds is 2. The molecule has 0 spiro atoms. The van der Waals surface area contributed by atoms with Crippen LogP contribution in [-0.4, -0.2) is 42.3 Å². The molecule has 1 aromatic heterocycles. The van der Waals surface area contributed by atoms with Gasteiger partial charge in [0, 0.05) is 30.9 Å². The fraction of sp³-hybridized carbons (Fsp3) is 0.714. The zero-order valence-corrected chi connectivity index (χ0v) is 11.3. The van der Waals surface area contributed by atoms with E-state index in [4.69, 9.17) is 10.5 Å². The van der Waals surface area contributed by atoms with Crippen molar-refractivity contribution in [2.45, 2.75) is 38.2 Å². The summed E-state index contributed by atoms with van der Waals surface area (Å²) in [6.45, 7) is 3.06. The molecule has 5 nitrogen and oxygen atoms in total. The van der Waals surface area contributed by atoms with Crippen LogP contribution in [0.25, 0.3) is 0 Å². The van der Waals surface area contributed by atoms with Gasteiger partial charge in [0.25, 0.3) is 0 Å². The highest BCUT2D eigenvalue weighted by molar-refractivity contribution is 5.49. The fourth-order valence-corrected chi connectivity index (χ4v) is 3.01. The third-order valence-corrected chi connectivity index (χ3v) is 4.05. The lowest BCUT2D eigenvalue weighted by Crippen LogP contribution is -2.46. The van der Waals surface area contributed by atoms with Gasteiger partial charge in [0.2, 0.25) is 0 Å². The van der Waals surface area contributed by atoms with Gasteiger partial charge in [-0.25, -0.2) is 9.97 Å². The molecule has 1 aromatic rings. The van der Waals surface area contributed by atoms with Crippen LogP contribution in [0.3, 0.4) is 0 Å². The molecule has 2 N–H and O–H groups in total. The molecule has 1 unspecified atom stereocenters. The largest absolute Gasteiger partial charge is 0.373 e. The number of nitrogens with two attached hydrogens (primary N) is 1. The van der Waals surface area contributed by atoms with Gasteiger partial charge in [0.15, 0.2) is 0 Å². The Bertz CT molecular complexity index is 437. The van der Waals surface area contributed by atoms with Crippen molar-refractivity contribution >= 4 is 5.82 Å². The molecule has 1 atom stereocenters. The van der Waals surface area contributed by atoms with Crippen LogP contribution in [0.2, 0.25) is 0 Å². The minimum Gasteiger partial charge on any atom is -0.373 e. The summed E-state index contributed by atoms with van der Waals surface area (Å²) in [5.74, 6) is 1.12. The first-order valence-corrected chi connectivity index (χ1v) is 7.28. The third kappa shape index (κ3) is 2.72. The molecule has 2 heterocycles. The molecule has 5 heteroatoms. The molecule has 1 aliphatic carbocycles. The molecule has 0 radical (unpaired) electrons. The molecular formula is C14H22N4O. The number of hydrogen-bond donors (Lipinski definition) is 1. The summed E-state index contributed by atoms with van der Waals surface area (Å²) in [4.78, 5) is 11.4. The number of nitrogens with zero attached hydrogens (tertiary/aromatic N) is 3. The molecule has 104 valence electrons. The van der Waals surface area contributed by atoms with Crippen LogP contribution in [0.4, 0.5) is 5.82 Å². The molecule has 0 saturated carbocycles.